The van der Waals surface area contributed by atoms with E-state index in [-0.39, 0.29) is 29.7 Å². The molecule has 0 aliphatic rings. The maximum atomic E-state index is 12.4. The molecule has 10 nitrogen and oxygen atoms in total. The molecule has 0 aliphatic heterocycles. The number of nitrogens with one attached hydrogen (secondary N) is 2. The van der Waals surface area contributed by atoms with Gasteiger partial charge in [0.2, 0.25) is 5.91 Å². The first-order valence-corrected chi connectivity index (χ1v) is 10.8. The minimum atomic E-state index is -0.534. The van der Waals surface area contributed by atoms with E-state index in [9.17, 15) is 14.4 Å². The van der Waals surface area contributed by atoms with Crippen molar-refractivity contribution in [3.05, 3.63) is 65.5 Å². The van der Waals surface area contributed by atoms with Gasteiger partial charge in [-0.2, -0.15) is 0 Å². The van der Waals surface area contributed by atoms with Crippen LogP contribution in [-0.2, 0) is 23.1 Å². The number of hydrogen-bond acceptors (Lipinski definition) is 8. The van der Waals surface area contributed by atoms with Crippen LogP contribution >= 0.6 is 11.8 Å². The van der Waals surface area contributed by atoms with Gasteiger partial charge >= 0.3 is 5.97 Å². The maximum absolute atomic E-state index is 12.4. The lowest BCUT2D eigenvalue weighted by molar-refractivity contribution is -0.113. The quantitative estimate of drug-likeness (QED) is 0.361. The maximum Gasteiger partial charge on any atom is 0.339 e. The Morgan fingerprint density at radius 1 is 1.03 bits per heavy atom. The van der Waals surface area contributed by atoms with Crippen LogP contribution in [0.2, 0.25) is 0 Å². The van der Waals surface area contributed by atoms with Crippen molar-refractivity contribution >= 4 is 35.2 Å². The molecule has 2 N–H and O–H groups in total. The van der Waals surface area contributed by atoms with Crippen LogP contribution in [0.4, 0.5) is 5.69 Å². The second-order valence-electron chi connectivity index (χ2n) is 6.74. The van der Waals surface area contributed by atoms with Gasteiger partial charge < -0.3 is 24.7 Å². The zero-order chi connectivity index (χ0) is 23.8. The third-order valence-electron chi connectivity index (χ3n) is 4.62. The molecule has 0 bridgehead atoms. The molecule has 3 rings (SSSR count). The van der Waals surface area contributed by atoms with E-state index in [1.54, 1.807) is 67.3 Å². The molecule has 0 saturated carbocycles. The number of hydrogen-bond donors (Lipinski definition) is 2. The molecule has 0 radical (unpaired) electrons. The van der Waals surface area contributed by atoms with Gasteiger partial charge in [-0.3, -0.25) is 9.59 Å². The van der Waals surface area contributed by atoms with Crippen molar-refractivity contribution in [2.24, 2.45) is 7.05 Å². The number of aromatic nitrogens is 3. The lowest BCUT2D eigenvalue weighted by atomic mass is 10.2. The fraction of sp³-hybridized carbons (Fsp3) is 0.227. The minimum absolute atomic E-state index is 0.0552. The molecule has 0 unspecified atom stereocenters. The number of nitrogens with zero attached hydrogens (tertiary/aromatic N) is 3. The molecule has 0 fully saturated rings. The van der Waals surface area contributed by atoms with Crippen LogP contribution in [-0.4, -0.2) is 52.5 Å². The van der Waals surface area contributed by atoms with Gasteiger partial charge in [0.15, 0.2) is 11.0 Å². The zero-order valence-corrected chi connectivity index (χ0v) is 19.1. The van der Waals surface area contributed by atoms with Gasteiger partial charge in [0, 0.05) is 12.6 Å². The third-order valence-corrected chi connectivity index (χ3v) is 5.64. The van der Waals surface area contributed by atoms with Crippen LogP contribution in [0.25, 0.3) is 0 Å². The van der Waals surface area contributed by atoms with Gasteiger partial charge in [-0.05, 0) is 36.4 Å². The molecule has 3 aromatic rings. The SMILES string of the molecule is COC(=O)c1ccccc1NC(=O)CSc1nnc(CNC(=O)c2ccc(OC)cc2)n1C. The van der Waals surface area contributed by atoms with Crippen LogP contribution in [0.15, 0.2) is 53.7 Å². The average molecular weight is 470 g/mol. The van der Waals surface area contributed by atoms with E-state index in [0.29, 0.717) is 28.0 Å². The van der Waals surface area contributed by atoms with Crippen LogP contribution in [0, 0.1) is 0 Å². The molecule has 2 amide bonds. The molecule has 0 spiro atoms. The molecule has 1 heterocycles. The summed E-state index contributed by atoms with van der Waals surface area (Å²) in [7, 11) is 4.59. The number of para-hydroxylation sites is 1. The highest BCUT2D eigenvalue weighted by atomic mass is 32.2. The Morgan fingerprint density at radius 2 is 1.76 bits per heavy atom. The Bertz CT molecular complexity index is 1150. The van der Waals surface area contributed by atoms with E-state index in [0.717, 1.165) is 0 Å². The Balaban J connectivity index is 1.54. The number of anilines is 1. The summed E-state index contributed by atoms with van der Waals surface area (Å²) in [6.45, 7) is 0.174. The van der Waals surface area contributed by atoms with Gasteiger partial charge in [0.05, 0.1) is 37.8 Å². The summed E-state index contributed by atoms with van der Waals surface area (Å²) < 4.78 is 11.5. The first-order valence-electron chi connectivity index (χ1n) is 9.83. The highest BCUT2D eigenvalue weighted by Crippen LogP contribution is 2.19. The van der Waals surface area contributed by atoms with Crippen LogP contribution in [0.5, 0.6) is 5.75 Å². The summed E-state index contributed by atoms with van der Waals surface area (Å²) in [5, 5.41) is 14.2. The number of carbonyl (C=O) groups is 3. The summed E-state index contributed by atoms with van der Waals surface area (Å²) >= 11 is 1.18. The number of rotatable bonds is 9. The lowest BCUT2D eigenvalue weighted by Crippen LogP contribution is -2.24. The van der Waals surface area contributed by atoms with Gasteiger partial charge in [-0.1, -0.05) is 23.9 Å². The van der Waals surface area contributed by atoms with E-state index in [4.69, 9.17) is 9.47 Å². The van der Waals surface area contributed by atoms with Gasteiger partial charge in [-0.15, -0.1) is 10.2 Å². The zero-order valence-electron chi connectivity index (χ0n) is 18.3. The number of amides is 2. The van der Waals surface area contributed by atoms with Crippen molar-refractivity contribution in [1.82, 2.24) is 20.1 Å². The lowest BCUT2D eigenvalue weighted by Gasteiger charge is -2.09. The monoisotopic (exact) mass is 469 g/mol. The van der Waals surface area contributed by atoms with Crippen molar-refractivity contribution < 1.29 is 23.9 Å². The van der Waals surface area contributed by atoms with Crippen molar-refractivity contribution in [2.75, 3.05) is 25.3 Å². The molecule has 2 aromatic carbocycles. The fourth-order valence-corrected chi connectivity index (χ4v) is 3.55. The Hall–Kier alpha value is -3.86. The summed E-state index contributed by atoms with van der Waals surface area (Å²) in [4.78, 5) is 36.5. The van der Waals surface area contributed by atoms with Crippen molar-refractivity contribution in [3.8, 4) is 5.75 Å². The predicted octanol–water partition coefficient (Wildman–Crippen LogP) is 2.27. The van der Waals surface area contributed by atoms with E-state index in [2.05, 4.69) is 20.8 Å². The van der Waals surface area contributed by atoms with E-state index in [1.807, 2.05) is 0 Å². The topological polar surface area (TPSA) is 124 Å². The van der Waals surface area contributed by atoms with E-state index < -0.39 is 5.97 Å². The highest BCUT2D eigenvalue weighted by Gasteiger charge is 2.16. The Labute approximate surface area is 194 Å². The second-order valence-corrected chi connectivity index (χ2v) is 7.69. The van der Waals surface area contributed by atoms with Gasteiger partial charge in [0.1, 0.15) is 5.75 Å². The number of ether oxygens (including phenoxy) is 2. The summed E-state index contributed by atoms with van der Waals surface area (Å²) in [6.07, 6.45) is 0. The number of thioether (sulfide) groups is 1. The molecule has 0 aliphatic carbocycles. The predicted molar refractivity (Wildman–Crippen MR) is 122 cm³/mol. The number of carbonyl (C=O) groups excluding carboxylic acids is 3. The first kappa shape index (κ1) is 23.8. The van der Waals surface area contributed by atoms with E-state index >= 15 is 0 Å². The second kappa shape index (κ2) is 11.1. The van der Waals surface area contributed by atoms with Crippen molar-refractivity contribution in [1.29, 1.82) is 0 Å². The van der Waals surface area contributed by atoms with Crippen LogP contribution in [0.3, 0.4) is 0 Å². The normalized spacial score (nSPS) is 10.4. The minimum Gasteiger partial charge on any atom is -0.497 e. The molecule has 11 heteroatoms. The smallest absolute Gasteiger partial charge is 0.339 e. The number of esters is 1. The average Bonchev–Trinajstić information content (AvgIpc) is 3.20. The Kier molecular flexibility index (Phi) is 8.03. The first-order chi connectivity index (χ1) is 15.9. The summed E-state index contributed by atoms with van der Waals surface area (Å²) in [5.41, 5.74) is 1.14. The number of methoxy groups -OCH3 is 2. The standard InChI is InChI=1S/C22H23N5O5S/c1-27-18(12-23-20(29)14-8-10-15(31-2)11-9-14)25-26-22(27)33-13-19(28)24-17-7-5-4-6-16(17)21(30)32-3/h4-11H,12-13H2,1-3H3,(H,23,29)(H,24,28). The van der Waals surface area contributed by atoms with Crippen molar-refractivity contribution in [3.63, 3.8) is 0 Å². The van der Waals surface area contributed by atoms with Crippen molar-refractivity contribution in [2.45, 2.75) is 11.7 Å². The Morgan fingerprint density at radius 3 is 2.45 bits per heavy atom. The van der Waals surface area contributed by atoms with E-state index in [1.165, 1.54) is 18.9 Å². The highest BCUT2D eigenvalue weighted by molar-refractivity contribution is 7.99. The van der Waals surface area contributed by atoms with Gasteiger partial charge in [-0.25, -0.2) is 4.79 Å². The molecule has 0 atom stereocenters. The molecule has 172 valence electrons. The summed E-state index contributed by atoms with van der Waals surface area (Å²) in [6, 6.07) is 13.4. The molecular formula is C22H23N5O5S. The van der Waals surface area contributed by atoms with Gasteiger partial charge in [0.25, 0.3) is 5.91 Å². The molecular weight excluding hydrogens is 446 g/mol. The molecule has 1 aromatic heterocycles. The summed E-state index contributed by atoms with van der Waals surface area (Å²) in [5.74, 6) is 0.162. The molecule has 0 saturated heterocycles. The molecule has 33 heavy (non-hydrogen) atoms. The third kappa shape index (κ3) is 6.10. The fourth-order valence-electron chi connectivity index (χ4n) is 2.82. The van der Waals surface area contributed by atoms with Crippen LogP contribution < -0.4 is 15.4 Å². The largest absolute Gasteiger partial charge is 0.497 e. The van der Waals surface area contributed by atoms with Crippen LogP contribution in [0.1, 0.15) is 26.5 Å². The number of benzene rings is 2.